The van der Waals surface area contributed by atoms with E-state index in [2.05, 4.69) is 20.2 Å². The fourth-order valence-electron chi connectivity index (χ4n) is 2.50. The highest BCUT2D eigenvalue weighted by Gasteiger charge is 2.18. The number of aromatic amines is 1. The van der Waals surface area contributed by atoms with E-state index in [1.54, 1.807) is 24.5 Å². The van der Waals surface area contributed by atoms with Gasteiger partial charge in [0.05, 0.1) is 21.7 Å². The monoisotopic (exact) mass is 342 g/mol. The van der Waals surface area contributed by atoms with Crippen LogP contribution in [0.4, 0.5) is 8.78 Å². The summed E-state index contributed by atoms with van der Waals surface area (Å²) in [6.45, 7) is 0. The third kappa shape index (κ3) is 2.41. The number of pyridine rings is 2. The van der Waals surface area contributed by atoms with Crippen LogP contribution in [0.1, 0.15) is 0 Å². The van der Waals surface area contributed by atoms with Crippen LogP contribution in [0.15, 0.2) is 48.8 Å². The number of aromatic nitrogens is 4. The van der Waals surface area contributed by atoms with Crippen molar-refractivity contribution < 1.29 is 8.78 Å². The summed E-state index contributed by atoms with van der Waals surface area (Å²) in [5, 5.41) is 6.60. The van der Waals surface area contributed by atoms with Gasteiger partial charge in [-0.15, -0.1) is 0 Å². The zero-order valence-corrected chi connectivity index (χ0v) is 12.9. The van der Waals surface area contributed by atoms with E-state index in [0.29, 0.717) is 22.5 Å². The van der Waals surface area contributed by atoms with Crippen LogP contribution < -0.4 is 0 Å². The van der Waals surface area contributed by atoms with Gasteiger partial charge in [0.2, 0.25) is 0 Å². The zero-order chi connectivity index (χ0) is 16.7. The Kier molecular flexibility index (Phi) is 3.46. The molecule has 0 amide bonds. The van der Waals surface area contributed by atoms with Crippen molar-refractivity contribution in [2.75, 3.05) is 0 Å². The fraction of sp³-hybridized carbons (Fsp3) is 0. The van der Waals surface area contributed by atoms with Crippen LogP contribution in [0.3, 0.4) is 0 Å². The first-order valence-electron chi connectivity index (χ1n) is 7.04. The van der Waals surface area contributed by atoms with Crippen LogP contribution in [-0.4, -0.2) is 20.2 Å². The van der Waals surface area contributed by atoms with Gasteiger partial charge in [-0.3, -0.25) is 10.1 Å². The smallest absolute Gasteiger partial charge is 0.144 e. The fourth-order valence-corrected chi connectivity index (χ4v) is 2.67. The molecule has 118 valence electrons. The molecule has 0 fully saturated rings. The third-order valence-electron chi connectivity index (χ3n) is 3.64. The van der Waals surface area contributed by atoms with Gasteiger partial charge in [-0.05, 0) is 30.3 Å². The second-order valence-corrected chi connectivity index (χ2v) is 5.54. The minimum atomic E-state index is -0.815. The predicted octanol–water partition coefficient (Wildman–Crippen LogP) is 4.62. The Labute approximate surface area is 140 Å². The number of benzene rings is 1. The van der Waals surface area contributed by atoms with E-state index >= 15 is 0 Å². The molecule has 0 saturated carbocycles. The van der Waals surface area contributed by atoms with Crippen molar-refractivity contribution in [3.63, 3.8) is 0 Å². The standard InChI is InChI=1S/C17H9ClF2N4/c18-11-6-9(12(19)7-13(11)20)17-10(8-22-24-17)14-3-4-15-16(23-14)2-1-5-21-15/h1-8H,(H,22,24). The van der Waals surface area contributed by atoms with Gasteiger partial charge in [-0.1, -0.05) is 11.6 Å². The molecule has 24 heavy (non-hydrogen) atoms. The molecule has 0 bridgehead atoms. The summed E-state index contributed by atoms with van der Waals surface area (Å²) < 4.78 is 27.5. The molecule has 1 aromatic carbocycles. The quantitative estimate of drug-likeness (QED) is 0.541. The second-order valence-electron chi connectivity index (χ2n) is 5.13. The molecule has 0 saturated heterocycles. The van der Waals surface area contributed by atoms with E-state index in [0.717, 1.165) is 11.6 Å². The van der Waals surface area contributed by atoms with Crippen LogP contribution in [0.5, 0.6) is 0 Å². The van der Waals surface area contributed by atoms with E-state index in [9.17, 15) is 8.78 Å². The normalized spacial score (nSPS) is 11.1. The van der Waals surface area contributed by atoms with Crippen LogP contribution in [0.25, 0.3) is 33.5 Å². The molecule has 0 aliphatic rings. The number of fused-ring (bicyclic) bond motifs is 1. The first-order chi connectivity index (χ1) is 11.6. The Morgan fingerprint density at radius 1 is 0.958 bits per heavy atom. The van der Waals surface area contributed by atoms with E-state index in [1.165, 1.54) is 6.07 Å². The highest BCUT2D eigenvalue weighted by molar-refractivity contribution is 6.31. The van der Waals surface area contributed by atoms with E-state index in [-0.39, 0.29) is 10.6 Å². The number of halogens is 3. The van der Waals surface area contributed by atoms with Gasteiger partial charge in [-0.25, -0.2) is 13.8 Å². The Bertz CT molecular complexity index is 1060. The molecule has 0 radical (unpaired) electrons. The molecule has 3 heterocycles. The highest BCUT2D eigenvalue weighted by Crippen LogP contribution is 2.33. The maximum absolute atomic E-state index is 14.2. The first-order valence-corrected chi connectivity index (χ1v) is 7.42. The molecule has 1 N–H and O–H groups in total. The van der Waals surface area contributed by atoms with Crippen LogP contribution >= 0.6 is 11.6 Å². The minimum absolute atomic E-state index is 0.103. The molecular formula is C17H9ClF2N4. The number of hydrogen-bond donors (Lipinski definition) is 1. The molecule has 3 aromatic heterocycles. The van der Waals surface area contributed by atoms with Gasteiger partial charge in [0.1, 0.15) is 17.3 Å². The number of hydrogen-bond acceptors (Lipinski definition) is 3. The summed E-state index contributed by atoms with van der Waals surface area (Å²) in [5.41, 5.74) is 3.05. The third-order valence-corrected chi connectivity index (χ3v) is 3.93. The summed E-state index contributed by atoms with van der Waals surface area (Å²) in [4.78, 5) is 8.74. The summed E-state index contributed by atoms with van der Waals surface area (Å²) >= 11 is 5.78. The van der Waals surface area contributed by atoms with Crippen molar-refractivity contribution in [3.8, 4) is 22.5 Å². The molecule has 4 rings (SSSR count). The van der Waals surface area contributed by atoms with Crippen LogP contribution in [-0.2, 0) is 0 Å². The molecule has 0 atom stereocenters. The van der Waals surface area contributed by atoms with Gasteiger partial charge >= 0.3 is 0 Å². The molecule has 0 aliphatic heterocycles. The van der Waals surface area contributed by atoms with Crippen molar-refractivity contribution in [3.05, 3.63) is 65.4 Å². The average molecular weight is 343 g/mol. The molecule has 0 aliphatic carbocycles. The van der Waals surface area contributed by atoms with Gasteiger partial charge in [0.25, 0.3) is 0 Å². The van der Waals surface area contributed by atoms with Gasteiger partial charge in [0, 0.05) is 29.6 Å². The molecule has 0 unspecified atom stereocenters. The van der Waals surface area contributed by atoms with Crippen molar-refractivity contribution >= 4 is 22.6 Å². The Morgan fingerprint density at radius 3 is 2.71 bits per heavy atom. The van der Waals surface area contributed by atoms with Crippen molar-refractivity contribution in [2.45, 2.75) is 0 Å². The number of rotatable bonds is 2. The lowest BCUT2D eigenvalue weighted by atomic mass is 10.0. The maximum atomic E-state index is 14.2. The lowest BCUT2D eigenvalue weighted by molar-refractivity contribution is 0.585. The highest BCUT2D eigenvalue weighted by atomic mass is 35.5. The molecular weight excluding hydrogens is 334 g/mol. The van der Waals surface area contributed by atoms with Crippen molar-refractivity contribution in [1.82, 2.24) is 20.2 Å². The minimum Gasteiger partial charge on any atom is -0.284 e. The summed E-state index contributed by atoms with van der Waals surface area (Å²) in [7, 11) is 0. The largest absolute Gasteiger partial charge is 0.284 e. The zero-order valence-electron chi connectivity index (χ0n) is 12.1. The molecule has 0 spiro atoms. The summed E-state index contributed by atoms with van der Waals surface area (Å²) in [5.74, 6) is -1.56. The topological polar surface area (TPSA) is 54.5 Å². The molecule has 4 aromatic rings. The van der Waals surface area contributed by atoms with Gasteiger partial charge in [0.15, 0.2) is 0 Å². The summed E-state index contributed by atoms with van der Waals surface area (Å²) in [6.07, 6.45) is 3.29. The number of nitrogens with one attached hydrogen (secondary N) is 1. The van der Waals surface area contributed by atoms with Gasteiger partial charge in [-0.2, -0.15) is 5.10 Å². The van der Waals surface area contributed by atoms with Crippen molar-refractivity contribution in [2.24, 2.45) is 0 Å². The van der Waals surface area contributed by atoms with Crippen LogP contribution in [0.2, 0.25) is 5.02 Å². The summed E-state index contributed by atoms with van der Waals surface area (Å²) in [6, 6.07) is 9.17. The maximum Gasteiger partial charge on any atom is 0.144 e. The lowest BCUT2D eigenvalue weighted by Crippen LogP contribution is -1.92. The van der Waals surface area contributed by atoms with Gasteiger partial charge < -0.3 is 0 Å². The Morgan fingerprint density at radius 2 is 1.83 bits per heavy atom. The van der Waals surface area contributed by atoms with Crippen molar-refractivity contribution in [1.29, 1.82) is 0 Å². The molecule has 7 heteroatoms. The second kappa shape index (κ2) is 5.65. The average Bonchev–Trinajstić information content (AvgIpc) is 3.07. The van der Waals surface area contributed by atoms with E-state index in [1.807, 2.05) is 12.1 Å². The first kappa shape index (κ1) is 14.7. The number of nitrogens with zero attached hydrogens (tertiary/aromatic N) is 3. The Balaban J connectivity index is 1.89. The van der Waals surface area contributed by atoms with Crippen LogP contribution in [0, 0.1) is 11.6 Å². The Hall–Kier alpha value is -2.86. The SMILES string of the molecule is Fc1cc(F)c(-c2n[nH]cc2-c2ccc3ncccc3n2)cc1Cl. The predicted molar refractivity (Wildman–Crippen MR) is 87.5 cm³/mol. The van der Waals surface area contributed by atoms with E-state index in [4.69, 9.17) is 11.6 Å². The van der Waals surface area contributed by atoms with E-state index < -0.39 is 11.6 Å². The lowest BCUT2D eigenvalue weighted by Gasteiger charge is -2.06. The molecule has 4 nitrogen and oxygen atoms in total. The number of H-pyrrole nitrogens is 1.